The molecule has 128 valence electrons. The molecule has 0 aliphatic heterocycles. The van der Waals surface area contributed by atoms with Gasteiger partial charge in [-0.25, -0.2) is 0 Å². The molecule has 4 aliphatic rings. The minimum atomic E-state index is -0.00312. The molecule has 0 radical (unpaired) electrons. The van der Waals surface area contributed by atoms with Crippen LogP contribution in [0.3, 0.4) is 0 Å². The predicted molar refractivity (Wildman–Crippen MR) is 92.1 cm³/mol. The molecule has 0 aromatic heterocycles. The molecule has 4 rings (SSSR count). The molecule has 2 nitrogen and oxygen atoms in total. The fourth-order valence-corrected chi connectivity index (χ4v) is 6.90. The minimum absolute atomic E-state index is 0.00312. The van der Waals surface area contributed by atoms with Crippen LogP contribution in [-0.2, 0) is 9.53 Å². The van der Waals surface area contributed by atoms with E-state index in [1.165, 1.54) is 32.1 Å². The lowest BCUT2D eigenvalue weighted by atomic mass is 9.48. The molecule has 2 heteroatoms. The molecule has 0 aromatic rings. The van der Waals surface area contributed by atoms with Crippen LogP contribution in [0.1, 0.15) is 72.1 Å². The molecule has 23 heavy (non-hydrogen) atoms. The van der Waals surface area contributed by atoms with Crippen molar-refractivity contribution >= 4 is 5.78 Å². The Morgan fingerprint density at radius 1 is 1.13 bits per heavy atom. The summed E-state index contributed by atoms with van der Waals surface area (Å²) >= 11 is 0. The van der Waals surface area contributed by atoms with E-state index in [9.17, 15) is 4.79 Å². The highest BCUT2D eigenvalue weighted by Gasteiger charge is 2.59. The Labute approximate surface area is 141 Å². The van der Waals surface area contributed by atoms with E-state index in [0.717, 1.165) is 37.7 Å². The van der Waals surface area contributed by atoms with Crippen LogP contribution < -0.4 is 0 Å². The molecule has 3 saturated carbocycles. The van der Waals surface area contributed by atoms with Crippen molar-refractivity contribution in [1.29, 1.82) is 0 Å². The summed E-state index contributed by atoms with van der Waals surface area (Å²) in [5.74, 6) is 2.69. The lowest BCUT2D eigenvalue weighted by Gasteiger charge is -2.57. The second-order valence-electron chi connectivity index (χ2n) is 8.94. The van der Waals surface area contributed by atoms with Gasteiger partial charge in [-0.1, -0.05) is 19.9 Å². The van der Waals surface area contributed by atoms with Gasteiger partial charge < -0.3 is 4.74 Å². The van der Waals surface area contributed by atoms with Gasteiger partial charge in [0.15, 0.2) is 0 Å². The number of ketones is 1. The highest BCUT2D eigenvalue weighted by molar-refractivity contribution is 5.87. The third kappa shape index (κ3) is 2.13. The molecular weight excluding hydrogens is 284 g/mol. The fourth-order valence-electron chi connectivity index (χ4n) is 6.90. The lowest BCUT2D eigenvalue weighted by Crippen LogP contribution is -2.51. The molecule has 0 amide bonds. The van der Waals surface area contributed by atoms with Crippen molar-refractivity contribution in [3.05, 3.63) is 11.6 Å². The SMILES string of the molecule is CCO[C@H]1CCC[C@@]2(C)C1=CC[C@@H]1[C@@H]2CC[C@]2(C)C(=O)CC[C@@H]12. The summed E-state index contributed by atoms with van der Waals surface area (Å²) in [6, 6.07) is 0. The van der Waals surface area contributed by atoms with Crippen LogP contribution in [0.4, 0.5) is 0 Å². The van der Waals surface area contributed by atoms with Crippen molar-refractivity contribution < 1.29 is 9.53 Å². The van der Waals surface area contributed by atoms with Crippen molar-refractivity contribution in [3.63, 3.8) is 0 Å². The molecular formula is C21H32O2. The van der Waals surface area contributed by atoms with Crippen LogP contribution in [0.2, 0.25) is 0 Å². The Kier molecular flexibility index (Phi) is 3.75. The Morgan fingerprint density at radius 3 is 2.70 bits per heavy atom. The average molecular weight is 316 g/mol. The van der Waals surface area contributed by atoms with Crippen molar-refractivity contribution in [2.45, 2.75) is 78.2 Å². The summed E-state index contributed by atoms with van der Waals surface area (Å²) in [4.78, 5) is 12.5. The maximum Gasteiger partial charge on any atom is 0.139 e. The Hall–Kier alpha value is -0.630. The van der Waals surface area contributed by atoms with Crippen molar-refractivity contribution in [1.82, 2.24) is 0 Å². The predicted octanol–water partition coefficient (Wildman–Crippen LogP) is 4.92. The van der Waals surface area contributed by atoms with E-state index in [2.05, 4.69) is 26.8 Å². The fraction of sp³-hybridized carbons (Fsp3) is 0.857. The zero-order valence-electron chi connectivity index (χ0n) is 15.1. The summed E-state index contributed by atoms with van der Waals surface area (Å²) in [6.45, 7) is 7.73. The van der Waals surface area contributed by atoms with Crippen molar-refractivity contribution in [2.24, 2.45) is 28.6 Å². The molecule has 0 heterocycles. The first-order valence-electron chi connectivity index (χ1n) is 9.86. The summed E-state index contributed by atoms with van der Waals surface area (Å²) in [5.41, 5.74) is 1.94. The van der Waals surface area contributed by atoms with Crippen LogP contribution in [0.5, 0.6) is 0 Å². The first kappa shape index (κ1) is 15.9. The van der Waals surface area contributed by atoms with Gasteiger partial charge >= 0.3 is 0 Å². The smallest absolute Gasteiger partial charge is 0.139 e. The Morgan fingerprint density at radius 2 is 1.91 bits per heavy atom. The number of ether oxygens (including phenoxy) is 1. The highest BCUT2D eigenvalue weighted by Crippen LogP contribution is 2.64. The van der Waals surface area contributed by atoms with Gasteiger partial charge in [0.25, 0.3) is 0 Å². The maximum absolute atomic E-state index is 12.5. The molecule has 0 saturated heterocycles. The zero-order valence-corrected chi connectivity index (χ0v) is 15.1. The van der Waals surface area contributed by atoms with E-state index in [1.807, 2.05) is 0 Å². The number of rotatable bonds is 2. The van der Waals surface area contributed by atoms with Gasteiger partial charge in [-0.3, -0.25) is 4.79 Å². The molecule has 0 aromatic carbocycles. The molecule has 0 unspecified atom stereocenters. The van der Waals surface area contributed by atoms with Crippen molar-refractivity contribution in [2.75, 3.05) is 6.61 Å². The van der Waals surface area contributed by atoms with Gasteiger partial charge in [-0.05, 0) is 80.6 Å². The van der Waals surface area contributed by atoms with E-state index in [-0.39, 0.29) is 5.41 Å². The zero-order chi connectivity index (χ0) is 16.2. The monoisotopic (exact) mass is 316 g/mol. The number of fused-ring (bicyclic) bond motifs is 5. The number of hydrogen-bond donors (Lipinski definition) is 0. The minimum Gasteiger partial charge on any atom is -0.374 e. The summed E-state index contributed by atoms with van der Waals surface area (Å²) < 4.78 is 6.10. The second kappa shape index (κ2) is 5.44. The van der Waals surface area contributed by atoms with Crippen LogP contribution in [0, 0.1) is 28.6 Å². The quantitative estimate of drug-likeness (QED) is 0.676. The van der Waals surface area contributed by atoms with Crippen LogP contribution in [-0.4, -0.2) is 18.5 Å². The first-order valence-corrected chi connectivity index (χ1v) is 9.86. The molecule has 0 spiro atoms. The molecule has 0 bridgehead atoms. The van der Waals surface area contributed by atoms with Gasteiger partial charge in [0, 0.05) is 18.4 Å². The Balaban J connectivity index is 1.68. The summed E-state index contributed by atoms with van der Waals surface area (Å²) in [6.07, 6.45) is 12.2. The van der Waals surface area contributed by atoms with E-state index in [4.69, 9.17) is 4.74 Å². The molecule has 4 aliphatic carbocycles. The number of carbonyl (C=O) groups excluding carboxylic acids is 1. The topological polar surface area (TPSA) is 26.3 Å². The van der Waals surface area contributed by atoms with Gasteiger partial charge in [-0.2, -0.15) is 0 Å². The third-order valence-electron chi connectivity index (χ3n) is 8.11. The van der Waals surface area contributed by atoms with Gasteiger partial charge in [0.05, 0.1) is 6.10 Å². The van der Waals surface area contributed by atoms with Gasteiger partial charge in [0.2, 0.25) is 0 Å². The van der Waals surface area contributed by atoms with Crippen LogP contribution >= 0.6 is 0 Å². The normalized spacial score (nSPS) is 49.2. The third-order valence-corrected chi connectivity index (χ3v) is 8.11. The second-order valence-corrected chi connectivity index (χ2v) is 8.94. The summed E-state index contributed by atoms with van der Waals surface area (Å²) in [7, 11) is 0. The van der Waals surface area contributed by atoms with Gasteiger partial charge in [0.1, 0.15) is 5.78 Å². The van der Waals surface area contributed by atoms with Crippen molar-refractivity contribution in [3.8, 4) is 0 Å². The van der Waals surface area contributed by atoms with Crippen LogP contribution in [0.25, 0.3) is 0 Å². The molecule has 6 atom stereocenters. The Bertz CT molecular complexity index is 534. The number of hydrogen-bond acceptors (Lipinski definition) is 2. The first-order chi connectivity index (χ1) is 11.0. The van der Waals surface area contributed by atoms with Gasteiger partial charge in [-0.15, -0.1) is 0 Å². The van der Waals surface area contributed by atoms with E-state index in [1.54, 1.807) is 5.57 Å². The van der Waals surface area contributed by atoms with E-state index >= 15 is 0 Å². The lowest BCUT2D eigenvalue weighted by molar-refractivity contribution is -0.132. The highest BCUT2D eigenvalue weighted by atomic mass is 16.5. The van der Waals surface area contributed by atoms with Crippen LogP contribution in [0.15, 0.2) is 11.6 Å². The molecule has 3 fully saturated rings. The summed E-state index contributed by atoms with van der Waals surface area (Å²) in [5, 5.41) is 0. The largest absolute Gasteiger partial charge is 0.374 e. The van der Waals surface area contributed by atoms with E-state index < -0.39 is 0 Å². The number of allylic oxidation sites excluding steroid dienone is 1. The molecule has 0 N–H and O–H groups in total. The number of carbonyl (C=O) groups is 1. The average Bonchev–Trinajstić information content (AvgIpc) is 2.83. The maximum atomic E-state index is 12.5. The number of Topliss-reactive ketones (excluding diaryl/α,β-unsaturated/α-hetero) is 1. The standard InChI is InChI=1S/C21H32O2/c1-4-23-18-6-5-12-20(2)16-11-13-21(3)15(9-10-19(21)22)14(16)7-8-17(18)20/h8,14-16,18H,4-7,9-13H2,1-3H3/t14-,15-,16-,18-,20+,21-/m0/s1. The van der Waals surface area contributed by atoms with E-state index in [0.29, 0.717) is 23.2 Å².